The van der Waals surface area contributed by atoms with Gasteiger partial charge in [-0.3, -0.25) is 0 Å². The van der Waals surface area contributed by atoms with E-state index in [4.69, 9.17) is 21.1 Å². The molecule has 1 aromatic rings. The Morgan fingerprint density at radius 1 is 1.44 bits per heavy atom. The van der Waals surface area contributed by atoms with Gasteiger partial charge in [0.1, 0.15) is 17.6 Å². The molecular formula is C10H16ClN3O2. The predicted octanol–water partition coefficient (Wildman–Crippen LogP) is 1.72. The first-order valence-corrected chi connectivity index (χ1v) is 5.48. The van der Waals surface area contributed by atoms with Gasteiger partial charge in [-0.25, -0.2) is 9.97 Å². The van der Waals surface area contributed by atoms with Crippen molar-refractivity contribution in [2.75, 3.05) is 32.2 Å². The van der Waals surface area contributed by atoms with E-state index < -0.39 is 0 Å². The Labute approximate surface area is 100 Å². The van der Waals surface area contributed by atoms with Gasteiger partial charge in [0, 0.05) is 26.3 Å². The fourth-order valence-electron chi connectivity index (χ4n) is 1.09. The molecule has 0 bridgehead atoms. The van der Waals surface area contributed by atoms with E-state index in [0.717, 1.165) is 0 Å². The molecule has 0 radical (unpaired) electrons. The Morgan fingerprint density at radius 2 is 2.25 bits per heavy atom. The summed E-state index contributed by atoms with van der Waals surface area (Å²) in [5.74, 6) is 1.26. The molecule has 0 fully saturated rings. The van der Waals surface area contributed by atoms with E-state index in [2.05, 4.69) is 15.3 Å². The SMILES string of the molecule is CCOCc1nc(Cl)cc(NCCOC)n1. The molecule has 6 heteroatoms. The molecule has 0 unspecified atom stereocenters. The normalized spacial score (nSPS) is 10.4. The summed E-state index contributed by atoms with van der Waals surface area (Å²) in [7, 11) is 1.65. The molecule has 0 aliphatic rings. The summed E-state index contributed by atoms with van der Waals surface area (Å²) in [6.45, 7) is 4.21. The Bertz CT molecular complexity index is 323. The molecule has 0 amide bonds. The van der Waals surface area contributed by atoms with Crippen molar-refractivity contribution in [3.8, 4) is 0 Å². The zero-order valence-electron chi connectivity index (χ0n) is 9.49. The van der Waals surface area contributed by atoms with E-state index in [9.17, 15) is 0 Å². The Kier molecular flexibility index (Phi) is 6.07. The number of halogens is 1. The second-order valence-electron chi connectivity index (χ2n) is 3.05. The molecule has 1 N–H and O–H groups in total. The molecule has 0 saturated carbocycles. The lowest BCUT2D eigenvalue weighted by molar-refractivity contribution is 0.128. The highest BCUT2D eigenvalue weighted by Crippen LogP contribution is 2.11. The number of aromatic nitrogens is 2. The van der Waals surface area contributed by atoms with Crippen molar-refractivity contribution in [3.63, 3.8) is 0 Å². The van der Waals surface area contributed by atoms with Crippen molar-refractivity contribution in [1.82, 2.24) is 9.97 Å². The minimum Gasteiger partial charge on any atom is -0.383 e. The van der Waals surface area contributed by atoms with Crippen LogP contribution in [0.5, 0.6) is 0 Å². The minimum atomic E-state index is 0.371. The summed E-state index contributed by atoms with van der Waals surface area (Å²) >= 11 is 5.86. The number of methoxy groups -OCH3 is 1. The van der Waals surface area contributed by atoms with Crippen molar-refractivity contribution in [2.24, 2.45) is 0 Å². The lowest BCUT2D eigenvalue weighted by Crippen LogP contribution is -2.10. The zero-order valence-corrected chi connectivity index (χ0v) is 10.3. The predicted molar refractivity (Wildman–Crippen MR) is 62.7 cm³/mol. The smallest absolute Gasteiger partial charge is 0.158 e. The standard InChI is InChI=1S/C10H16ClN3O2/c1-3-16-7-10-13-8(11)6-9(14-10)12-4-5-15-2/h6H,3-5,7H2,1-2H3,(H,12,13,14). The lowest BCUT2D eigenvalue weighted by Gasteiger charge is -2.07. The second-order valence-corrected chi connectivity index (χ2v) is 3.44. The molecule has 1 aromatic heterocycles. The summed E-state index contributed by atoms with van der Waals surface area (Å²) < 4.78 is 10.1. The van der Waals surface area contributed by atoms with E-state index in [-0.39, 0.29) is 0 Å². The van der Waals surface area contributed by atoms with Gasteiger partial charge in [-0.1, -0.05) is 11.6 Å². The third-order valence-electron chi connectivity index (χ3n) is 1.79. The van der Waals surface area contributed by atoms with Crippen LogP contribution in [0.2, 0.25) is 5.15 Å². The summed E-state index contributed by atoms with van der Waals surface area (Å²) in [6, 6.07) is 1.67. The quantitative estimate of drug-likeness (QED) is 0.586. The van der Waals surface area contributed by atoms with Crippen LogP contribution in [-0.4, -0.2) is 36.8 Å². The number of nitrogens with one attached hydrogen (secondary N) is 1. The van der Waals surface area contributed by atoms with Crippen LogP contribution in [0.25, 0.3) is 0 Å². The maximum atomic E-state index is 5.86. The van der Waals surface area contributed by atoms with Gasteiger partial charge < -0.3 is 14.8 Å². The van der Waals surface area contributed by atoms with Gasteiger partial charge in [-0.2, -0.15) is 0 Å². The van der Waals surface area contributed by atoms with Crippen LogP contribution in [0.3, 0.4) is 0 Å². The van der Waals surface area contributed by atoms with Gasteiger partial charge >= 0.3 is 0 Å². The summed E-state index contributed by atoms with van der Waals surface area (Å²) in [4.78, 5) is 8.31. The Morgan fingerprint density at radius 3 is 2.94 bits per heavy atom. The Hall–Kier alpha value is -0.910. The molecule has 90 valence electrons. The van der Waals surface area contributed by atoms with E-state index >= 15 is 0 Å². The van der Waals surface area contributed by atoms with Crippen molar-refractivity contribution in [2.45, 2.75) is 13.5 Å². The molecule has 0 atom stereocenters. The van der Waals surface area contributed by atoms with Crippen LogP contribution < -0.4 is 5.32 Å². The summed E-state index contributed by atoms with van der Waals surface area (Å²) in [6.07, 6.45) is 0. The first kappa shape index (κ1) is 13.2. The molecule has 16 heavy (non-hydrogen) atoms. The van der Waals surface area contributed by atoms with E-state index in [1.807, 2.05) is 6.92 Å². The fourth-order valence-corrected chi connectivity index (χ4v) is 1.30. The number of anilines is 1. The molecule has 0 spiro atoms. The minimum absolute atomic E-state index is 0.371. The van der Waals surface area contributed by atoms with E-state index in [0.29, 0.717) is 43.2 Å². The maximum Gasteiger partial charge on any atom is 0.158 e. The van der Waals surface area contributed by atoms with Gasteiger partial charge in [0.2, 0.25) is 0 Å². The fraction of sp³-hybridized carbons (Fsp3) is 0.600. The first-order valence-electron chi connectivity index (χ1n) is 5.10. The van der Waals surface area contributed by atoms with Gasteiger partial charge in [0.05, 0.1) is 6.61 Å². The number of hydrogen-bond donors (Lipinski definition) is 1. The van der Waals surface area contributed by atoms with E-state index in [1.165, 1.54) is 0 Å². The molecule has 0 saturated heterocycles. The largest absolute Gasteiger partial charge is 0.383 e. The van der Waals surface area contributed by atoms with Crippen LogP contribution in [0.15, 0.2) is 6.07 Å². The molecule has 1 heterocycles. The van der Waals surface area contributed by atoms with Crippen molar-refractivity contribution < 1.29 is 9.47 Å². The summed E-state index contributed by atoms with van der Waals surface area (Å²) in [5.41, 5.74) is 0. The van der Waals surface area contributed by atoms with Crippen molar-refractivity contribution >= 4 is 17.4 Å². The first-order chi connectivity index (χ1) is 7.76. The molecule has 0 aliphatic heterocycles. The average Bonchev–Trinajstić information content (AvgIpc) is 2.26. The maximum absolute atomic E-state index is 5.86. The molecule has 5 nitrogen and oxygen atoms in total. The lowest BCUT2D eigenvalue weighted by atomic mass is 10.5. The van der Waals surface area contributed by atoms with Crippen molar-refractivity contribution in [1.29, 1.82) is 0 Å². The topological polar surface area (TPSA) is 56.3 Å². The monoisotopic (exact) mass is 245 g/mol. The molecular weight excluding hydrogens is 230 g/mol. The third-order valence-corrected chi connectivity index (χ3v) is 1.98. The van der Waals surface area contributed by atoms with Crippen LogP contribution >= 0.6 is 11.6 Å². The highest BCUT2D eigenvalue weighted by Gasteiger charge is 2.02. The van der Waals surface area contributed by atoms with Gasteiger partial charge in [0.15, 0.2) is 5.82 Å². The Balaban J connectivity index is 2.58. The number of rotatable bonds is 7. The molecule has 0 aliphatic carbocycles. The van der Waals surface area contributed by atoms with E-state index in [1.54, 1.807) is 13.2 Å². The van der Waals surface area contributed by atoms with Gasteiger partial charge in [0.25, 0.3) is 0 Å². The van der Waals surface area contributed by atoms with Gasteiger partial charge in [-0.05, 0) is 6.92 Å². The van der Waals surface area contributed by atoms with Crippen LogP contribution in [-0.2, 0) is 16.1 Å². The summed E-state index contributed by atoms with van der Waals surface area (Å²) in [5, 5.41) is 3.49. The number of ether oxygens (including phenoxy) is 2. The number of nitrogens with zero attached hydrogens (tertiary/aromatic N) is 2. The number of hydrogen-bond acceptors (Lipinski definition) is 5. The van der Waals surface area contributed by atoms with Crippen LogP contribution in [0.1, 0.15) is 12.7 Å². The molecule has 0 aromatic carbocycles. The van der Waals surface area contributed by atoms with Crippen LogP contribution in [0.4, 0.5) is 5.82 Å². The van der Waals surface area contributed by atoms with Crippen LogP contribution in [0, 0.1) is 0 Å². The van der Waals surface area contributed by atoms with Gasteiger partial charge in [-0.15, -0.1) is 0 Å². The average molecular weight is 246 g/mol. The second kappa shape index (κ2) is 7.38. The molecule has 1 rings (SSSR count). The zero-order chi connectivity index (χ0) is 11.8. The highest BCUT2D eigenvalue weighted by molar-refractivity contribution is 6.29. The van der Waals surface area contributed by atoms with Crippen molar-refractivity contribution in [3.05, 3.63) is 17.0 Å². The highest BCUT2D eigenvalue weighted by atomic mass is 35.5. The third kappa shape index (κ3) is 4.74.